The van der Waals surface area contributed by atoms with Gasteiger partial charge in [0.15, 0.2) is 11.6 Å². The van der Waals surface area contributed by atoms with Gasteiger partial charge in [-0.05, 0) is 25.0 Å². The molecule has 1 aliphatic rings. The van der Waals surface area contributed by atoms with Gasteiger partial charge in [-0.2, -0.15) is 0 Å². The molecule has 0 aliphatic heterocycles. The van der Waals surface area contributed by atoms with Gasteiger partial charge in [0.2, 0.25) is 11.7 Å². The molecule has 21 heavy (non-hydrogen) atoms. The summed E-state index contributed by atoms with van der Waals surface area (Å²) in [6.45, 7) is 0. The minimum atomic E-state index is -0.646. The van der Waals surface area contributed by atoms with Crippen molar-refractivity contribution in [2.24, 2.45) is 0 Å². The van der Waals surface area contributed by atoms with Crippen LogP contribution < -0.4 is 5.32 Å². The summed E-state index contributed by atoms with van der Waals surface area (Å²) in [5.41, 5.74) is -0.0392. The molecule has 3 aromatic rings. The third-order valence-electron chi connectivity index (χ3n) is 3.63. The zero-order chi connectivity index (χ0) is 14.3. The molecule has 1 N–H and O–H groups in total. The van der Waals surface area contributed by atoms with E-state index in [1.54, 1.807) is 30.5 Å². The maximum Gasteiger partial charge on any atom is 0.238 e. The quantitative estimate of drug-likeness (QED) is 0.791. The fourth-order valence-electron chi connectivity index (χ4n) is 2.27. The van der Waals surface area contributed by atoms with Gasteiger partial charge in [-0.25, -0.2) is 0 Å². The Kier molecular flexibility index (Phi) is 2.47. The normalized spacial score (nSPS) is 15.8. The van der Waals surface area contributed by atoms with Gasteiger partial charge in [0.25, 0.3) is 0 Å². The van der Waals surface area contributed by atoms with Gasteiger partial charge in [0.1, 0.15) is 6.26 Å². The summed E-state index contributed by atoms with van der Waals surface area (Å²) in [4.78, 5) is 12.4. The Morgan fingerprint density at radius 2 is 2.10 bits per heavy atom. The molecule has 1 amide bonds. The topological polar surface area (TPSA) is 94.3 Å². The number of anilines is 1. The largest absolute Gasteiger partial charge is 0.461 e. The minimum Gasteiger partial charge on any atom is -0.461 e. The molecule has 0 saturated heterocycles. The first-order valence-electron chi connectivity index (χ1n) is 6.51. The van der Waals surface area contributed by atoms with Gasteiger partial charge in [-0.15, -0.1) is 0 Å². The molecule has 0 spiro atoms. The van der Waals surface area contributed by atoms with Gasteiger partial charge in [0.05, 0.1) is 17.4 Å². The first kappa shape index (κ1) is 12.0. The summed E-state index contributed by atoms with van der Waals surface area (Å²) >= 11 is 0. The average molecular weight is 285 g/mol. The third kappa shape index (κ3) is 1.94. The van der Waals surface area contributed by atoms with Gasteiger partial charge in [-0.1, -0.05) is 10.3 Å². The number of amides is 1. The highest BCUT2D eigenvalue weighted by molar-refractivity contribution is 6.00. The van der Waals surface area contributed by atoms with Crippen LogP contribution in [0.15, 0.2) is 50.3 Å². The van der Waals surface area contributed by atoms with Crippen LogP contribution >= 0.6 is 0 Å². The second-order valence-corrected chi connectivity index (χ2v) is 4.97. The Bertz CT molecular complexity index is 754. The SMILES string of the molecule is O=C(Nc1ccon1)C1(c2cc(-c3ccco3)on2)CC1. The Morgan fingerprint density at radius 1 is 1.19 bits per heavy atom. The molecule has 1 fully saturated rings. The molecule has 3 aromatic heterocycles. The summed E-state index contributed by atoms with van der Waals surface area (Å²) < 4.78 is 15.2. The molecule has 1 aliphatic carbocycles. The number of rotatable bonds is 4. The highest BCUT2D eigenvalue weighted by atomic mass is 16.5. The van der Waals surface area contributed by atoms with E-state index in [4.69, 9.17) is 13.5 Å². The zero-order valence-corrected chi connectivity index (χ0v) is 10.9. The smallest absolute Gasteiger partial charge is 0.238 e. The lowest BCUT2D eigenvalue weighted by Gasteiger charge is -2.09. The van der Waals surface area contributed by atoms with Crippen molar-refractivity contribution in [2.75, 3.05) is 5.32 Å². The van der Waals surface area contributed by atoms with Crippen molar-refractivity contribution in [3.8, 4) is 11.5 Å². The summed E-state index contributed by atoms with van der Waals surface area (Å²) in [6, 6.07) is 6.88. The second kappa shape index (κ2) is 4.34. The van der Waals surface area contributed by atoms with E-state index in [9.17, 15) is 4.79 Å². The third-order valence-corrected chi connectivity index (χ3v) is 3.63. The Labute approximate surface area is 118 Å². The van der Waals surface area contributed by atoms with E-state index < -0.39 is 5.41 Å². The van der Waals surface area contributed by atoms with Crippen LogP contribution in [0.5, 0.6) is 0 Å². The Hall–Kier alpha value is -2.83. The van der Waals surface area contributed by atoms with Crippen molar-refractivity contribution in [1.29, 1.82) is 0 Å². The van der Waals surface area contributed by atoms with Crippen LogP contribution in [0.4, 0.5) is 5.82 Å². The van der Waals surface area contributed by atoms with E-state index >= 15 is 0 Å². The van der Waals surface area contributed by atoms with Crippen molar-refractivity contribution in [3.63, 3.8) is 0 Å². The van der Waals surface area contributed by atoms with E-state index in [0.717, 1.165) is 12.8 Å². The molecule has 106 valence electrons. The molecule has 1 saturated carbocycles. The number of nitrogens with zero attached hydrogens (tertiary/aromatic N) is 2. The summed E-state index contributed by atoms with van der Waals surface area (Å²) in [5.74, 6) is 1.33. The van der Waals surface area contributed by atoms with Gasteiger partial charge in [0, 0.05) is 12.1 Å². The molecule has 4 rings (SSSR count). The highest BCUT2D eigenvalue weighted by Gasteiger charge is 2.54. The summed E-state index contributed by atoms with van der Waals surface area (Å²) in [7, 11) is 0. The van der Waals surface area contributed by atoms with Crippen LogP contribution in [0.25, 0.3) is 11.5 Å². The molecule has 7 heteroatoms. The fourth-order valence-corrected chi connectivity index (χ4v) is 2.27. The maximum atomic E-state index is 12.4. The molecule has 0 unspecified atom stereocenters. The lowest BCUT2D eigenvalue weighted by molar-refractivity contribution is -0.118. The highest BCUT2D eigenvalue weighted by Crippen LogP contribution is 2.49. The lowest BCUT2D eigenvalue weighted by atomic mass is 10.0. The van der Waals surface area contributed by atoms with Gasteiger partial charge < -0.3 is 18.8 Å². The second-order valence-electron chi connectivity index (χ2n) is 4.97. The van der Waals surface area contributed by atoms with Crippen LogP contribution in [0.3, 0.4) is 0 Å². The molecule has 0 radical (unpaired) electrons. The predicted octanol–water partition coefficient (Wildman–Crippen LogP) is 2.59. The van der Waals surface area contributed by atoms with Crippen molar-refractivity contribution < 1.29 is 18.3 Å². The van der Waals surface area contributed by atoms with Crippen molar-refractivity contribution in [2.45, 2.75) is 18.3 Å². The standard InChI is InChI=1S/C14H11N3O4/c18-13(15-12-3-7-20-17-12)14(4-5-14)11-8-10(21-16-11)9-2-1-6-19-9/h1-3,6-8H,4-5H2,(H,15,17,18). The number of hydrogen-bond acceptors (Lipinski definition) is 6. The predicted molar refractivity (Wildman–Crippen MR) is 70.2 cm³/mol. The number of nitrogens with one attached hydrogen (secondary N) is 1. The van der Waals surface area contributed by atoms with Crippen LogP contribution in [0, 0.1) is 0 Å². The molecular weight excluding hydrogens is 274 g/mol. The van der Waals surface area contributed by atoms with Crippen molar-refractivity contribution in [3.05, 3.63) is 42.5 Å². The van der Waals surface area contributed by atoms with Gasteiger partial charge >= 0.3 is 0 Å². The Morgan fingerprint density at radius 3 is 2.76 bits per heavy atom. The van der Waals surface area contributed by atoms with E-state index in [0.29, 0.717) is 23.0 Å². The zero-order valence-electron chi connectivity index (χ0n) is 10.9. The summed E-state index contributed by atoms with van der Waals surface area (Å²) in [6.07, 6.45) is 4.41. The number of aromatic nitrogens is 2. The van der Waals surface area contributed by atoms with E-state index in [1.807, 2.05) is 0 Å². The summed E-state index contributed by atoms with van der Waals surface area (Å²) in [5, 5.41) is 10.4. The van der Waals surface area contributed by atoms with E-state index in [2.05, 4.69) is 15.6 Å². The molecular formula is C14H11N3O4. The Balaban J connectivity index is 1.59. The number of furan rings is 1. The lowest BCUT2D eigenvalue weighted by Crippen LogP contribution is -2.28. The van der Waals surface area contributed by atoms with Crippen LogP contribution in [-0.2, 0) is 10.2 Å². The molecule has 3 heterocycles. The number of hydrogen-bond donors (Lipinski definition) is 1. The average Bonchev–Trinajstić information content (AvgIpc) is 2.99. The van der Waals surface area contributed by atoms with Crippen LogP contribution in [0.1, 0.15) is 18.5 Å². The molecule has 7 nitrogen and oxygen atoms in total. The number of carbonyl (C=O) groups excluding carboxylic acids is 1. The monoisotopic (exact) mass is 285 g/mol. The van der Waals surface area contributed by atoms with Crippen molar-refractivity contribution in [1.82, 2.24) is 10.3 Å². The van der Waals surface area contributed by atoms with Crippen molar-refractivity contribution >= 4 is 11.7 Å². The first-order valence-corrected chi connectivity index (χ1v) is 6.51. The van der Waals surface area contributed by atoms with Crippen LogP contribution in [-0.4, -0.2) is 16.2 Å². The first-order chi connectivity index (χ1) is 10.3. The molecule has 0 bridgehead atoms. The van der Waals surface area contributed by atoms with E-state index in [-0.39, 0.29) is 5.91 Å². The number of carbonyl (C=O) groups is 1. The van der Waals surface area contributed by atoms with E-state index in [1.165, 1.54) is 6.26 Å². The van der Waals surface area contributed by atoms with Crippen LogP contribution in [0.2, 0.25) is 0 Å². The minimum absolute atomic E-state index is 0.157. The fraction of sp³-hybridized carbons (Fsp3) is 0.214. The van der Waals surface area contributed by atoms with Gasteiger partial charge in [-0.3, -0.25) is 4.79 Å². The molecule has 0 aromatic carbocycles. The maximum absolute atomic E-state index is 12.4. The molecule has 0 atom stereocenters.